The molecule has 4 heterocycles. The summed E-state index contributed by atoms with van der Waals surface area (Å²) < 4.78 is 14.6. The van der Waals surface area contributed by atoms with Gasteiger partial charge in [-0.2, -0.15) is 0 Å². The van der Waals surface area contributed by atoms with Gasteiger partial charge >= 0.3 is 247 Å². The van der Waals surface area contributed by atoms with Crippen LogP contribution in [0, 0.1) is 0 Å². The van der Waals surface area contributed by atoms with Crippen molar-refractivity contribution in [1.29, 1.82) is 0 Å². The van der Waals surface area contributed by atoms with Gasteiger partial charge in [0.1, 0.15) is 0 Å². The normalized spacial score (nSPS) is 20.0. The van der Waals surface area contributed by atoms with Gasteiger partial charge in [0.15, 0.2) is 0 Å². The first-order valence-corrected chi connectivity index (χ1v) is 26.8. The molecule has 0 aromatic heterocycles. The topological polar surface area (TPSA) is 76.0 Å². The number of fused-ring (bicyclic) bond motifs is 6. The molecule has 13 heteroatoms. The van der Waals surface area contributed by atoms with Gasteiger partial charge in [0, 0.05) is 0 Å². The van der Waals surface area contributed by atoms with Crippen molar-refractivity contribution in [3.63, 3.8) is 0 Å². The van der Waals surface area contributed by atoms with Crippen LogP contribution in [0.5, 0.6) is 23.0 Å². The van der Waals surface area contributed by atoms with Crippen LogP contribution in [0.4, 0.5) is 0 Å². The van der Waals surface area contributed by atoms with Gasteiger partial charge in [-0.3, -0.25) is 0 Å². The van der Waals surface area contributed by atoms with E-state index in [1.807, 2.05) is 58.3 Å². The second-order valence-electron chi connectivity index (χ2n) is 8.43. The molecule has 37 heavy (non-hydrogen) atoms. The van der Waals surface area contributed by atoms with Gasteiger partial charge in [-0.05, 0) is 0 Å². The fraction of sp³-hybridized carbons (Fsp3) is 0.208. The maximum absolute atomic E-state index is 13.3. The molecule has 3 aromatic rings. The molecule has 0 unspecified atom stereocenters. The van der Waals surface area contributed by atoms with Gasteiger partial charge in [0.2, 0.25) is 0 Å². The molecule has 2 N–H and O–H groups in total. The summed E-state index contributed by atoms with van der Waals surface area (Å²) in [7, 11) is 7.43. The fourth-order valence-corrected chi connectivity index (χ4v) is 35.3. The molecule has 0 bridgehead atoms. The summed E-state index contributed by atoms with van der Waals surface area (Å²) in [5.74, 6) is 4.57. The van der Waals surface area contributed by atoms with Crippen molar-refractivity contribution in [2.75, 3.05) is 23.0 Å². The molecule has 0 amide bonds. The predicted molar refractivity (Wildman–Crippen MR) is 159 cm³/mol. The van der Waals surface area contributed by atoms with Gasteiger partial charge in [-0.15, -0.1) is 0 Å². The van der Waals surface area contributed by atoms with Gasteiger partial charge in [-0.1, -0.05) is 0 Å². The Hall–Kier alpha value is -0.373. The van der Waals surface area contributed by atoms with E-state index in [1.165, 1.54) is 0 Å². The Morgan fingerprint density at radius 1 is 0.784 bits per heavy atom. The van der Waals surface area contributed by atoms with Crippen molar-refractivity contribution in [3.8, 4) is 23.0 Å². The number of carbonyl (C=O) groups excluding carboxylic acids is 1. The third-order valence-corrected chi connectivity index (χ3v) is 34.2. The average Bonchev–Trinajstić information content (AvgIpc) is 3.66. The van der Waals surface area contributed by atoms with Crippen molar-refractivity contribution in [1.82, 2.24) is 0 Å². The fourth-order valence-electron chi connectivity index (χ4n) is 4.96. The van der Waals surface area contributed by atoms with Crippen molar-refractivity contribution in [3.05, 3.63) is 68.7 Å². The molecular weight excluding hydrogens is 717 g/mol. The molecule has 0 saturated carbocycles. The van der Waals surface area contributed by atoms with E-state index >= 15 is 0 Å². The molecular formula is C24H16As2Cl2O5S4. The molecule has 2 fully saturated rings. The zero-order chi connectivity index (χ0) is 25.5. The van der Waals surface area contributed by atoms with Crippen LogP contribution in [-0.2, 0) is 10.3 Å². The summed E-state index contributed by atoms with van der Waals surface area (Å²) in [6.07, 6.45) is 0. The predicted octanol–water partition coefficient (Wildman–Crippen LogP) is 5.32. The van der Waals surface area contributed by atoms with Crippen LogP contribution in [0.3, 0.4) is 0 Å². The third-order valence-electron chi connectivity index (χ3n) is 6.46. The first kappa shape index (κ1) is 25.6. The first-order chi connectivity index (χ1) is 17.9. The Bertz CT molecular complexity index is 1420. The summed E-state index contributed by atoms with van der Waals surface area (Å²) >= 11 is 9.63. The van der Waals surface area contributed by atoms with Crippen molar-refractivity contribution in [2.24, 2.45) is 0 Å². The summed E-state index contributed by atoms with van der Waals surface area (Å²) in [5, 5.41) is 22.9. The van der Waals surface area contributed by atoms with E-state index in [-0.39, 0.29) is 21.5 Å². The standard InChI is InChI=1S/C24H16As2Cl2O5S4/c27-15-9-13-21(17(19(15)29)25-34-5-6-35-25)32-22-14(10-16(28)20(30)18(22)26-36-7-8-37-26)24(13)12-4-2-1-3-11(12)23(31)33-24/h1-4,9-10,29-30H,5-8H2. The van der Waals surface area contributed by atoms with E-state index in [9.17, 15) is 15.0 Å². The van der Waals surface area contributed by atoms with Gasteiger partial charge in [-0.25, -0.2) is 0 Å². The van der Waals surface area contributed by atoms with E-state index in [0.29, 0.717) is 33.8 Å². The number of benzene rings is 3. The van der Waals surface area contributed by atoms with Gasteiger partial charge < -0.3 is 0 Å². The minimum absolute atomic E-state index is 0.0285. The number of ether oxygens (including phenoxy) is 2. The van der Waals surface area contributed by atoms with Gasteiger partial charge in [0.05, 0.1) is 0 Å². The molecule has 7 rings (SSSR count). The molecule has 5 nitrogen and oxygen atoms in total. The molecule has 1 spiro atoms. The quantitative estimate of drug-likeness (QED) is 0.269. The zero-order valence-electron chi connectivity index (χ0n) is 18.7. The molecule has 2 saturated heterocycles. The number of aromatic hydroxyl groups is 2. The number of esters is 1. The Morgan fingerprint density at radius 3 is 1.78 bits per heavy atom. The van der Waals surface area contributed by atoms with Crippen molar-refractivity contribution >= 4 is 103 Å². The van der Waals surface area contributed by atoms with E-state index < -0.39 is 36.2 Å². The third kappa shape index (κ3) is 3.75. The Morgan fingerprint density at radius 2 is 1.27 bits per heavy atom. The van der Waals surface area contributed by atoms with E-state index in [0.717, 1.165) is 31.7 Å². The molecule has 0 radical (unpaired) electrons. The molecule has 0 atom stereocenters. The number of halogens is 2. The number of phenolic OH excluding ortho intramolecular Hbond substituents is 2. The Labute approximate surface area is 245 Å². The summed E-state index contributed by atoms with van der Waals surface area (Å²) in [6, 6.07) is 10.6. The minimum atomic E-state index is -1.85. The summed E-state index contributed by atoms with van der Waals surface area (Å²) in [4.78, 5) is 13.3. The Balaban J connectivity index is 1.61. The Kier molecular flexibility index (Phi) is 6.65. The van der Waals surface area contributed by atoms with Crippen LogP contribution in [0.2, 0.25) is 10.0 Å². The molecule has 190 valence electrons. The monoisotopic (exact) mass is 732 g/mol. The number of carbonyl (C=O) groups is 1. The van der Waals surface area contributed by atoms with E-state index in [2.05, 4.69) is 0 Å². The molecule has 3 aromatic carbocycles. The SMILES string of the molecule is O=C1OC2(c3ccccc31)c1cc(Cl)c(O)c([As]3SCCS3)c1Oc1c2cc(Cl)c(O)c1[As]1SCCS1. The number of hydrogen-bond acceptors (Lipinski definition) is 9. The number of phenols is 2. The van der Waals surface area contributed by atoms with Crippen LogP contribution in [-0.4, -0.2) is 63.9 Å². The molecule has 0 aliphatic carbocycles. The summed E-state index contributed by atoms with van der Waals surface area (Å²) in [5.41, 5.74) is 0.945. The van der Waals surface area contributed by atoms with Crippen LogP contribution in [0.1, 0.15) is 27.0 Å². The zero-order valence-corrected chi connectivity index (χ0v) is 27.2. The average molecular weight is 733 g/mol. The number of rotatable bonds is 2. The van der Waals surface area contributed by atoms with E-state index in [4.69, 9.17) is 32.7 Å². The van der Waals surface area contributed by atoms with Gasteiger partial charge in [0.25, 0.3) is 0 Å². The van der Waals surface area contributed by atoms with Crippen LogP contribution >= 0.6 is 63.3 Å². The van der Waals surface area contributed by atoms with Crippen molar-refractivity contribution < 1.29 is 24.5 Å². The summed E-state index contributed by atoms with van der Waals surface area (Å²) in [6.45, 7) is 0. The molecule has 4 aliphatic heterocycles. The van der Waals surface area contributed by atoms with Crippen LogP contribution in [0.25, 0.3) is 0 Å². The second-order valence-corrected chi connectivity index (χ2v) is 32.4. The first-order valence-electron chi connectivity index (χ1n) is 11.2. The van der Waals surface area contributed by atoms with Crippen LogP contribution < -0.4 is 13.4 Å². The maximum atomic E-state index is 13.3. The van der Waals surface area contributed by atoms with E-state index in [1.54, 1.807) is 18.2 Å². The number of hydrogen-bond donors (Lipinski definition) is 2. The van der Waals surface area contributed by atoms with Crippen molar-refractivity contribution in [2.45, 2.75) is 5.60 Å². The molecule has 4 aliphatic rings. The second kappa shape index (κ2) is 9.62. The van der Waals surface area contributed by atoms with Crippen LogP contribution in [0.15, 0.2) is 36.4 Å².